The van der Waals surface area contributed by atoms with E-state index in [-0.39, 0.29) is 17.4 Å². The van der Waals surface area contributed by atoms with E-state index in [0.29, 0.717) is 41.6 Å². The van der Waals surface area contributed by atoms with Crippen molar-refractivity contribution in [2.24, 2.45) is 0 Å². The van der Waals surface area contributed by atoms with Gasteiger partial charge in [0.1, 0.15) is 17.3 Å². The van der Waals surface area contributed by atoms with Crippen LogP contribution >= 0.6 is 0 Å². The largest absolute Gasteiger partial charge is 0.393 e. The van der Waals surface area contributed by atoms with Crippen molar-refractivity contribution in [3.63, 3.8) is 0 Å². The maximum absolute atomic E-state index is 12.6. The van der Waals surface area contributed by atoms with E-state index in [1.807, 2.05) is 18.3 Å². The third kappa shape index (κ3) is 7.77. The number of aromatic nitrogens is 6. The zero-order valence-corrected chi connectivity index (χ0v) is 26.7. The van der Waals surface area contributed by atoms with Crippen LogP contribution in [0.25, 0.3) is 11.4 Å². The summed E-state index contributed by atoms with van der Waals surface area (Å²) >= 11 is 0. The van der Waals surface area contributed by atoms with Gasteiger partial charge < -0.3 is 20.5 Å². The van der Waals surface area contributed by atoms with Gasteiger partial charge in [-0.1, -0.05) is 12.0 Å². The molecular weight excluding hydrogens is 618 g/mol. The molecule has 14 heteroatoms. The van der Waals surface area contributed by atoms with Crippen molar-refractivity contribution in [3.8, 4) is 23.2 Å². The summed E-state index contributed by atoms with van der Waals surface area (Å²) < 4.78 is 31.6. The summed E-state index contributed by atoms with van der Waals surface area (Å²) in [4.78, 5) is 20.5. The second-order valence-corrected chi connectivity index (χ2v) is 14.3. The van der Waals surface area contributed by atoms with Gasteiger partial charge in [-0.2, -0.15) is 9.19 Å². The highest BCUT2D eigenvalue weighted by Gasteiger charge is 2.37. The highest BCUT2D eigenvalue weighted by Crippen LogP contribution is 2.31. The van der Waals surface area contributed by atoms with Crippen LogP contribution in [0.15, 0.2) is 55.2 Å². The zero-order chi connectivity index (χ0) is 32.2. The van der Waals surface area contributed by atoms with E-state index < -0.39 is 10.0 Å². The molecule has 0 amide bonds. The van der Waals surface area contributed by atoms with Gasteiger partial charge in [0.25, 0.3) is 10.0 Å². The minimum Gasteiger partial charge on any atom is -0.393 e. The number of aliphatic hydroxyl groups excluding tert-OH is 1. The Morgan fingerprint density at radius 1 is 0.936 bits per heavy atom. The van der Waals surface area contributed by atoms with Crippen LogP contribution in [0.3, 0.4) is 0 Å². The van der Waals surface area contributed by atoms with E-state index in [2.05, 4.69) is 58.5 Å². The Bertz CT molecular complexity index is 1870. The lowest BCUT2D eigenvalue weighted by Gasteiger charge is -2.27. The molecule has 13 nitrogen and oxygen atoms in total. The van der Waals surface area contributed by atoms with Gasteiger partial charge in [-0.3, -0.25) is 4.90 Å². The lowest BCUT2D eigenvalue weighted by Crippen LogP contribution is -2.35. The van der Waals surface area contributed by atoms with Gasteiger partial charge in [0.05, 0.1) is 53.8 Å². The molecule has 4 aromatic rings. The van der Waals surface area contributed by atoms with Crippen LogP contribution in [0.4, 0.5) is 17.3 Å². The lowest BCUT2D eigenvalue weighted by molar-refractivity contribution is 0.0341. The molecule has 2 saturated carbocycles. The Labute approximate surface area is 273 Å². The Morgan fingerprint density at radius 3 is 2.53 bits per heavy atom. The molecule has 0 radical (unpaired) electrons. The SMILES string of the molecule is O=S(=O)(C1CC1)n1cc(-c2nccc(Nc3cc(NC4CCC(O)CC4)c(C#Cc4ccc(CN5CCOCC5)cn4)cn3)n2)cn1. The molecule has 1 saturated heterocycles. The normalized spacial score (nSPS) is 20.3. The highest BCUT2D eigenvalue weighted by atomic mass is 32.2. The topological polar surface area (TPSA) is 160 Å². The summed E-state index contributed by atoms with van der Waals surface area (Å²) in [6.07, 6.45) is 12.4. The van der Waals surface area contributed by atoms with Gasteiger partial charge in [-0.25, -0.2) is 28.4 Å². The van der Waals surface area contributed by atoms with Crippen molar-refractivity contribution >= 4 is 27.3 Å². The number of hydrogen-bond acceptors (Lipinski definition) is 12. The first kappa shape index (κ1) is 31.2. The van der Waals surface area contributed by atoms with Crippen molar-refractivity contribution in [2.45, 2.75) is 62.5 Å². The Hall–Kier alpha value is -4.42. The van der Waals surface area contributed by atoms with Gasteiger partial charge in [-0.05, 0) is 62.1 Å². The predicted octanol–water partition coefficient (Wildman–Crippen LogP) is 3.16. The van der Waals surface area contributed by atoms with E-state index in [1.165, 1.54) is 12.4 Å². The summed E-state index contributed by atoms with van der Waals surface area (Å²) in [5.41, 5.74) is 3.86. The summed E-state index contributed by atoms with van der Waals surface area (Å²) in [5, 5.41) is 20.6. The monoisotopic (exact) mass is 655 g/mol. The zero-order valence-electron chi connectivity index (χ0n) is 25.9. The molecule has 3 aliphatic rings. The van der Waals surface area contributed by atoms with Crippen LogP contribution in [0.5, 0.6) is 0 Å². The molecular formula is C33H37N9O4S. The van der Waals surface area contributed by atoms with Crippen molar-refractivity contribution in [2.75, 3.05) is 36.9 Å². The standard InChI is InChI=1S/C33H37N9O4S/c43-28-7-5-27(6-8-28)38-30-17-32(36-19-24(30)2-4-26-3-1-23(18-35-26)21-41-13-15-46-16-14-41)39-31-11-12-34-33(40-31)25-20-37-42(22-25)47(44,45)29-9-10-29/h1,3,11-12,17-20,22,27-29,43H,5-10,13-16,21H2,(H2,34,36,38,39,40). The maximum atomic E-state index is 12.6. The molecule has 0 spiro atoms. The number of pyridine rings is 2. The Kier molecular flexibility index (Phi) is 9.12. The number of ether oxygens (including phenoxy) is 1. The second-order valence-electron chi connectivity index (χ2n) is 12.2. The van der Waals surface area contributed by atoms with E-state index in [1.54, 1.807) is 18.5 Å². The fourth-order valence-corrected chi connectivity index (χ4v) is 7.18. The van der Waals surface area contributed by atoms with Gasteiger partial charge in [0.15, 0.2) is 5.82 Å². The fourth-order valence-electron chi connectivity index (χ4n) is 5.70. The molecule has 3 N–H and O–H groups in total. The maximum Gasteiger partial charge on any atom is 0.256 e. The van der Waals surface area contributed by atoms with Crippen LogP contribution in [0.1, 0.15) is 55.3 Å². The van der Waals surface area contributed by atoms with Crippen LogP contribution < -0.4 is 10.6 Å². The van der Waals surface area contributed by atoms with E-state index >= 15 is 0 Å². The third-order valence-electron chi connectivity index (χ3n) is 8.56. The van der Waals surface area contributed by atoms with Crippen LogP contribution in [-0.2, 0) is 21.3 Å². The van der Waals surface area contributed by atoms with E-state index in [0.717, 1.165) is 79.4 Å². The minimum atomic E-state index is -3.48. The average Bonchev–Trinajstić information content (AvgIpc) is 3.84. The molecule has 0 unspecified atom stereocenters. The number of aliphatic hydroxyl groups is 1. The molecule has 3 fully saturated rings. The number of nitrogens with one attached hydrogen (secondary N) is 2. The number of anilines is 3. The van der Waals surface area contributed by atoms with Gasteiger partial charge in [0.2, 0.25) is 0 Å². The van der Waals surface area contributed by atoms with E-state index in [4.69, 9.17) is 4.74 Å². The molecule has 7 rings (SSSR count). The summed E-state index contributed by atoms with van der Waals surface area (Å²) in [6.45, 7) is 4.21. The molecule has 0 aromatic carbocycles. The summed E-state index contributed by atoms with van der Waals surface area (Å²) in [7, 11) is -3.48. The number of morpholine rings is 1. The molecule has 244 valence electrons. The molecule has 5 heterocycles. The number of hydrogen-bond donors (Lipinski definition) is 3. The van der Waals surface area contributed by atoms with Gasteiger partial charge in [-0.15, -0.1) is 0 Å². The van der Waals surface area contributed by atoms with Crippen LogP contribution in [-0.4, -0.2) is 91.2 Å². The lowest BCUT2D eigenvalue weighted by atomic mass is 9.93. The van der Waals surface area contributed by atoms with Crippen molar-refractivity contribution < 1.29 is 18.3 Å². The summed E-state index contributed by atoms with van der Waals surface area (Å²) in [6, 6.07) is 7.82. The number of nitrogens with zero attached hydrogens (tertiary/aromatic N) is 7. The molecule has 47 heavy (non-hydrogen) atoms. The van der Waals surface area contributed by atoms with Gasteiger partial charge in [0, 0.05) is 50.3 Å². The molecule has 4 aromatic heterocycles. The molecule has 2 aliphatic carbocycles. The van der Waals surface area contributed by atoms with Crippen molar-refractivity contribution in [3.05, 3.63) is 72.1 Å². The highest BCUT2D eigenvalue weighted by molar-refractivity contribution is 7.90. The van der Waals surface area contributed by atoms with Crippen molar-refractivity contribution in [1.82, 2.24) is 34.0 Å². The molecule has 0 atom stereocenters. The first-order valence-corrected chi connectivity index (χ1v) is 17.5. The van der Waals surface area contributed by atoms with E-state index in [9.17, 15) is 13.5 Å². The van der Waals surface area contributed by atoms with Crippen molar-refractivity contribution in [1.29, 1.82) is 0 Å². The average molecular weight is 656 g/mol. The smallest absolute Gasteiger partial charge is 0.256 e. The van der Waals surface area contributed by atoms with Gasteiger partial charge >= 0.3 is 0 Å². The second kappa shape index (κ2) is 13.7. The first-order valence-electron chi connectivity index (χ1n) is 16.0. The predicted molar refractivity (Wildman–Crippen MR) is 176 cm³/mol. The first-order chi connectivity index (χ1) is 22.9. The van der Waals surface area contributed by atoms with Crippen LogP contribution in [0, 0.1) is 11.8 Å². The Morgan fingerprint density at radius 2 is 1.77 bits per heavy atom. The quantitative estimate of drug-likeness (QED) is 0.226. The minimum absolute atomic E-state index is 0.195. The number of rotatable bonds is 9. The Balaban J connectivity index is 1.09. The van der Waals surface area contributed by atoms with Crippen LogP contribution in [0.2, 0.25) is 0 Å². The fraction of sp³-hybridized carbons (Fsp3) is 0.424. The molecule has 0 bridgehead atoms. The third-order valence-corrected chi connectivity index (χ3v) is 10.6. The molecule has 1 aliphatic heterocycles. The summed E-state index contributed by atoms with van der Waals surface area (Å²) in [5.74, 6) is 7.83.